The van der Waals surface area contributed by atoms with E-state index < -0.39 is 17.5 Å². The minimum Gasteiger partial charge on any atom is -0.354 e. The Kier molecular flexibility index (Phi) is 7.76. The van der Waals surface area contributed by atoms with E-state index in [1.54, 1.807) is 0 Å². The van der Waals surface area contributed by atoms with Crippen molar-refractivity contribution in [3.05, 3.63) is 71.9 Å². The highest BCUT2D eigenvalue weighted by atomic mass is 35.5. The first-order valence-electron chi connectivity index (χ1n) is 10.2. The maximum Gasteiger partial charge on any atom is 0.254 e. The Bertz CT molecular complexity index is 1040. The molecule has 0 spiro atoms. The first kappa shape index (κ1) is 22.9. The number of pyridine rings is 1. The van der Waals surface area contributed by atoms with Gasteiger partial charge in [0, 0.05) is 44.3 Å². The molecule has 1 saturated heterocycles. The number of hydrogen-bond donors (Lipinski definition) is 1. The first-order valence-corrected chi connectivity index (χ1v) is 10.2. The predicted octanol–water partition coefficient (Wildman–Crippen LogP) is 3.88. The number of anilines is 1. The molecule has 4 rings (SSSR count). The van der Waals surface area contributed by atoms with Gasteiger partial charge >= 0.3 is 0 Å². The van der Waals surface area contributed by atoms with Gasteiger partial charge in [0.15, 0.2) is 0 Å². The van der Waals surface area contributed by atoms with Crippen LogP contribution in [0.15, 0.2) is 54.7 Å². The number of nitrogens with zero attached hydrogens (tertiary/aromatic N) is 3. The van der Waals surface area contributed by atoms with Crippen molar-refractivity contribution < 1.29 is 13.6 Å². The molecule has 8 heteroatoms. The summed E-state index contributed by atoms with van der Waals surface area (Å²) in [5.74, 6) is -0.900. The first-order chi connectivity index (χ1) is 14.6. The van der Waals surface area contributed by atoms with Gasteiger partial charge in [0.05, 0.1) is 5.56 Å². The quantitative estimate of drug-likeness (QED) is 0.584. The van der Waals surface area contributed by atoms with Crippen molar-refractivity contribution in [2.24, 2.45) is 0 Å². The average molecular weight is 447 g/mol. The normalized spacial score (nSPS) is 14.3. The number of fused-ring (bicyclic) bond motifs is 1. The molecule has 2 heterocycles. The third kappa shape index (κ3) is 5.48. The highest BCUT2D eigenvalue weighted by Crippen LogP contribution is 2.24. The molecule has 0 bridgehead atoms. The van der Waals surface area contributed by atoms with Crippen molar-refractivity contribution in [1.82, 2.24) is 15.2 Å². The van der Waals surface area contributed by atoms with Crippen LogP contribution in [0.4, 0.5) is 14.6 Å². The Morgan fingerprint density at radius 3 is 2.61 bits per heavy atom. The lowest BCUT2D eigenvalue weighted by atomic mass is 10.1. The Morgan fingerprint density at radius 2 is 1.81 bits per heavy atom. The molecular formula is C23H25ClF2N4O. The number of hydrogen-bond acceptors (Lipinski definition) is 4. The second kappa shape index (κ2) is 10.5. The van der Waals surface area contributed by atoms with Crippen LogP contribution in [0.25, 0.3) is 10.8 Å². The van der Waals surface area contributed by atoms with Crippen molar-refractivity contribution in [2.45, 2.75) is 6.42 Å². The number of nitrogens with one attached hydrogen (secondary N) is 1. The van der Waals surface area contributed by atoms with Crippen LogP contribution >= 0.6 is 12.4 Å². The molecular weight excluding hydrogens is 422 g/mol. The zero-order chi connectivity index (χ0) is 20.9. The molecule has 1 aliphatic heterocycles. The second-order valence-electron chi connectivity index (χ2n) is 7.42. The molecule has 0 radical (unpaired) electrons. The van der Waals surface area contributed by atoms with Crippen LogP contribution < -0.4 is 10.2 Å². The van der Waals surface area contributed by atoms with E-state index in [0.29, 0.717) is 6.54 Å². The van der Waals surface area contributed by atoms with E-state index in [1.165, 1.54) is 10.8 Å². The summed E-state index contributed by atoms with van der Waals surface area (Å²) in [6.45, 7) is 4.86. The van der Waals surface area contributed by atoms with E-state index in [1.807, 2.05) is 24.4 Å². The summed E-state index contributed by atoms with van der Waals surface area (Å²) in [5, 5.41) is 5.03. The Balaban J connectivity index is 0.00000272. The van der Waals surface area contributed by atoms with Gasteiger partial charge in [-0.05, 0) is 42.6 Å². The molecule has 31 heavy (non-hydrogen) atoms. The Labute approximate surface area is 186 Å². The summed E-state index contributed by atoms with van der Waals surface area (Å²) >= 11 is 0. The standard InChI is InChI=1S/C23H24F2N4O.ClH/c24-18-6-7-21(25)20(16-18)23(30)27-9-3-11-28-12-14-29(15-13-28)22-19-5-2-1-4-17(19)8-10-26-22;/h1-2,4-8,10,16H,3,9,11-15H2,(H,27,30);1H. The van der Waals surface area contributed by atoms with Gasteiger partial charge in [-0.1, -0.05) is 24.3 Å². The molecule has 5 nitrogen and oxygen atoms in total. The molecule has 2 aromatic carbocycles. The maximum absolute atomic E-state index is 13.6. The summed E-state index contributed by atoms with van der Waals surface area (Å²) in [5.41, 5.74) is -0.258. The zero-order valence-corrected chi connectivity index (χ0v) is 17.9. The fraction of sp³-hybridized carbons (Fsp3) is 0.304. The molecule has 0 aliphatic carbocycles. The monoisotopic (exact) mass is 446 g/mol. The van der Waals surface area contributed by atoms with Crippen molar-refractivity contribution >= 4 is 34.9 Å². The molecule has 1 aliphatic rings. The van der Waals surface area contributed by atoms with Crippen LogP contribution in [-0.2, 0) is 0 Å². The van der Waals surface area contributed by atoms with E-state index in [2.05, 4.69) is 32.2 Å². The molecule has 164 valence electrons. The maximum atomic E-state index is 13.6. The third-order valence-electron chi connectivity index (χ3n) is 5.43. The molecule has 3 aromatic rings. The van der Waals surface area contributed by atoms with Crippen molar-refractivity contribution in [1.29, 1.82) is 0 Å². The fourth-order valence-corrected chi connectivity index (χ4v) is 3.81. The van der Waals surface area contributed by atoms with Crippen molar-refractivity contribution in [3.63, 3.8) is 0 Å². The molecule has 0 saturated carbocycles. The minimum atomic E-state index is -0.716. The SMILES string of the molecule is Cl.O=C(NCCCN1CCN(c2nccc3ccccc23)CC1)c1cc(F)ccc1F. The lowest BCUT2D eigenvalue weighted by molar-refractivity contribution is 0.0947. The van der Waals surface area contributed by atoms with Crippen molar-refractivity contribution in [2.75, 3.05) is 44.2 Å². The van der Waals surface area contributed by atoms with Gasteiger partial charge in [0.25, 0.3) is 5.91 Å². The van der Waals surface area contributed by atoms with E-state index in [4.69, 9.17) is 0 Å². The van der Waals surface area contributed by atoms with Crippen LogP contribution in [0.1, 0.15) is 16.8 Å². The van der Waals surface area contributed by atoms with Crippen LogP contribution in [0, 0.1) is 11.6 Å². The number of rotatable bonds is 6. The number of piperazine rings is 1. The number of carbonyl (C=O) groups is 1. The van der Waals surface area contributed by atoms with Gasteiger partial charge in [-0.3, -0.25) is 9.69 Å². The highest BCUT2D eigenvalue weighted by Gasteiger charge is 2.19. The van der Waals surface area contributed by atoms with Gasteiger partial charge in [0.1, 0.15) is 17.5 Å². The van der Waals surface area contributed by atoms with Crippen molar-refractivity contribution in [3.8, 4) is 0 Å². The largest absolute Gasteiger partial charge is 0.354 e. The van der Waals surface area contributed by atoms with Gasteiger partial charge in [0.2, 0.25) is 0 Å². The van der Waals surface area contributed by atoms with Crippen LogP contribution in [0.3, 0.4) is 0 Å². The number of amides is 1. The summed E-state index contributed by atoms with van der Waals surface area (Å²) in [7, 11) is 0. The van der Waals surface area contributed by atoms with Gasteiger partial charge in [-0.15, -0.1) is 12.4 Å². The summed E-state index contributed by atoms with van der Waals surface area (Å²) < 4.78 is 26.9. The molecule has 1 amide bonds. The lowest BCUT2D eigenvalue weighted by Gasteiger charge is -2.35. The van der Waals surface area contributed by atoms with E-state index in [9.17, 15) is 13.6 Å². The fourth-order valence-electron chi connectivity index (χ4n) is 3.81. The average Bonchev–Trinajstić information content (AvgIpc) is 2.78. The van der Waals surface area contributed by atoms with Gasteiger partial charge < -0.3 is 10.2 Å². The number of benzene rings is 2. The summed E-state index contributed by atoms with van der Waals surface area (Å²) in [6, 6.07) is 13.2. The molecule has 1 aromatic heterocycles. The number of carbonyl (C=O) groups excluding carboxylic acids is 1. The van der Waals surface area contributed by atoms with E-state index in [0.717, 1.165) is 63.2 Å². The van der Waals surface area contributed by atoms with Crippen LogP contribution in [-0.4, -0.2) is 55.1 Å². The highest BCUT2D eigenvalue weighted by molar-refractivity contribution is 5.94. The molecule has 1 N–H and O–H groups in total. The lowest BCUT2D eigenvalue weighted by Crippen LogP contribution is -2.47. The van der Waals surface area contributed by atoms with Crippen LogP contribution in [0.2, 0.25) is 0 Å². The van der Waals surface area contributed by atoms with Crippen LogP contribution in [0.5, 0.6) is 0 Å². The molecule has 0 unspecified atom stereocenters. The predicted molar refractivity (Wildman–Crippen MR) is 121 cm³/mol. The van der Waals surface area contributed by atoms with E-state index >= 15 is 0 Å². The second-order valence-corrected chi connectivity index (χ2v) is 7.42. The number of aromatic nitrogens is 1. The third-order valence-corrected chi connectivity index (χ3v) is 5.43. The van der Waals surface area contributed by atoms with E-state index in [-0.39, 0.29) is 18.0 Å². The smallest absolute Gasteiger partial charge is 0.254 e. The molecule has 1 fully saturated rings. The number of halogens is 3. The Morgan fingerprint density at radius 1 is 1.03 bits per heavy atom. The molecule has 0 atom stereocenters. The van der Waals surface area contributed by atoms with Gasteiger partial charge in [-0.25, -0.2) is 13.8 Å². The van der Waals surface area contributed by atoms with Gasteiger partial charge in [-0.2, -0.15) is 0 Å². The summed E-state index contributed by atoms with van der Waals surface area (Å²) in [6.07, 6.45) is 2.60. The topological polar surface area (TPSA) is 48.5 Å². The Hall–Kier alpha value is -2.77. The summed E-state index contributed by atoms with van der Waals surface area (Å²) in [4.78, 5) is 21.3. The minimum absolute atomic E-state index is 0. The zero-order valence-electron chi connectivity index (χ0n) is 17.1.